The molecular weight excluding hydrogens is 386 g/mol. The Hall–Kier alpha value is -0.850. The molecule has 1 aliphatic rings. The lowest BCUT2D eigenvalue weighted by molar-refractivity contribution is 0.388. The van der Waals surface area contributed by atoms with E-state index < -0.39 is 0 Å². The van der Waals surface area contributed by atoms with Gasteiger partial charge in [-0.05, 0) is 36.3 Å². The van der Waals surface area contributed by atoms with E-state index in [9.17, 15) is 0 Å². The van der Waals surface area contributed by atoms with Gasteiger partial charge in [-0.3, -0.25) is 10.4 Å². The maximum absolute atomic E-state index is 6.22. The molecule has 1 aromatic carbocycles. The molecule has 0 saturated heterocycles. The van der Waals surface area contributed by atoms with Crippen molar-refractivity contribution in [1.29, 1.82) is 0 Å². The molecule has 22 heavy (non-hydrogen) atoms. The molecule has 0 radical (unpaired) electrons. The topological polar surface area (TPSA) is 44.5 Å². The number of hydrogen-bond donors (Lipinski definition) is 2. The summed E-state index contributed by atoms with van der Waals surface area (Å²) in [5.41, 5.74) is 8.93. The van der Waals surface area contributed by atoms with Crippen LogP contribution < -0.4 is 11.2 Å². The Bertz CT molecular complexity index is 647. The van der Waals surface area contributed by atoms with E-state index in [1.165, 1.54) is 0 Å². The van der Waals surface area contributed by atoms with Crippen molar-refractivity contribution in [3.63, 3.8) is 0 Å². The molecule has 9 heteroatoms. The number of hydrogen-bond acceptors (Lipinski definition) is 3. The van der Waals surface area contributed by atoms with E-state index in [1.54, 1.807) is 35.7 Å². The third kappa shape index (κ3) is 4.33. The molecule has 0 aliphatic carbocycles. The largest absolute Gasteiger partial charge is 0.375 e. The number of nitrogens with two attached hydrogens (primary N) is 1. The number of nitrogens with zero attached hydrogens (tertiary/aromatic N) is 2. The fraction of sp³-hybridized carbons (Fsp3) is 0.154. The van der Waals surface area contributed by atoms with Crippen LogP contribution in [0, 0.1) is 0 Å². The second-order valence-electron chi connectivity index (χ2n) is 4.40. The van der Waals surface area contributed by atoms with Crippen LogP contribution in [0.3, 0.4) is 0 Å². The number of rotatable bonds is 4. The summed E-state index contributed by atoms with van der Waals surface area (Å²) in [4.78, 5) is 1.84. The van der Waals surface area contributed by atoms with E-state index in [-0.39, 0.29) is 5.11 Å². The first-order valence-electron chi connectivity index (χ1n) is 6.17. The van der Waals surface area contributed by atoms with Gasteiger partial charge >= 0.3 is 0 Å². The summed E-state index contributed by atoms with van der Waals surface area (Å²) in [6.07, 6.45) is 5.78. The summed E-state index contributed by atoms with van der Waals surface area (Å²) in [6.45, 7) is 0.590. The van der Waals surface area contributed by atoms with Crippen molar-refractivity contribution >= 4 is 63.7 Å². The van der Waals surface area contributed by atoms with Crippen LogP contribution in [0.2, 0.25) is 15.1 Å². The molecule has 1 aromatic rings. The lowest BCUT2D eigenvalue weighted by Gasteiger charge is -2.28. The zero-order chi connectivity index (χ0) is 16.3. The van der Waals surface area contributed by atoms with Crippen LogP contribution >= 0.6 is 58.6 Å². The van der Waals surface area contributed by atoms with Gasteiger partial charge in [-0.2, -0.15) is 0 Å². The quantitative estimate of drug-likeness (QED) is 0.455. The Morgan fingerprint density at radius 3 is 2.45 bits per heavy atom. The molecule has 1 heterocycles. The van der Waals surface area contributed by atoms with Crippen LogP contribution in [-0.2, 0) is 6.42 Å². The van der Waals surface area contributed by atoms with Crippen LogP contribution in [0.1, 0.15) is 5.56 Å². The Labute approximate surface area is 154 Å². The van der Waals surface area contributed by atoms with Crippen LogP contribution in [0.4, 0.5) is 0 Å². The molecule has 0 fully saturated rings. The van der Waals surface area contributed by atoms with Crippen molar-refractivity contribution in [1.82, 2.24) is 15.3 Å². The van der Waals surface area contributed by atoms with E-state index in [2.05, 4.69) is 5.43 Å². The average molecular weight is 398 g/mol. The van der Waals surface area contributed by atoms with Gasteiger partial charge in [0.05, 0.1) is 16.2 Å². The SMILES string of the molecule is NC(=S)NN1C=CN(CCc2c(Cl)ccc(Cl)c2Cl)C(Cl)=C1. The smallest absolute Gasteiger partial charge is 0.183 e. The Morgan fingerprint density at radius 1 is 1.14 bits per heavy atom. The van der Waals surface area contributed by atoms with Gasteiger partial charge < -0.3 is 10.6 Å². The number of thiocarbonyl (C=S) groups is 1. The zero-order valence-corrected chi connectivity index (χ0v) is 15.0. The highest BCUT2D eigenvalue weighted by Crippen LogP contribution is 2.32. The molecule has 0 bridgehead atoms. The molecule has 0 unspecified atom stereocenters. The van der Waals surface area contributed by atoms with Crippen LogP contribution in [0.15, 0.2) is 35.9 Å². The molecule has 0 amide bonds. The number of halogens is 4. The monoisotopic (exact) mass is 396 g/mol. The normalized spacial score (nSPS) is 14.1. The van der Waals surface area contributed by atoms with Gasteiger partial charge in [0.2, 0.25) is 0 Å². The van der Waals surface area contributed by atoms with E-state index in [1.807, 2.05) is 4.90 Å². The maximum atomic E-state index is 6.22. The second kappa shape index (κ2) is 7.62. The number of benzene rings is 1. The first kappa shape index (κ1) is 17.5. The standard InChI is InChI=1S/C13H12Cl4N4S/c14-9-1-2-10(15)12(17)8(9)3-4-20-5-6-21(7-11(20)16)19-13(18)22/h1-2,5-7H,3-4H2,(H3,18,19,22). The van der Waals surface area contributed by atoms with E-state index in [0.29, 0.717) is 33.2 Å². The molecule has 4 nitrogen and oxygen atoms in total. The lowest BCUT2D eigenvalue weighted by atomic mass is 10.1. The van der Waals surface area contributed by atoms with Gasteiger partial charge in [-0.25, -0.2) is 0 Å². The van der Waals surface area contributed by atoms with Crippen molar-refractivity contribution < 1.29 is 0 Å². The van der Waals surface area contributed by atoms with E-state index >= 15 is 0 Å². The molecular formula is C13H12Cl4N4S. The van der Waals surface area contributed by atoms with Crippen LogP contribution in [0.25, 0.3) is 0 Å². The van der Waals surface area contributed by atoms with Gasteiger partial charge in [0.1, 0.15) is 5.16 Å². The van der Waals surface area contributed by atoms with Crippen molar-refractivity contribution in [2.75, 3.05) is 6.54 Å². The highest BCUT2D eigenvalue weighted by molar-refractivity contribution is 7.80. The van der Waals surface area contributed by atoms with Crippen molar-refractivity contribution in [3.05, 3.63) is 56.5 Å². The predicted octanol–water partition coefficient (Wildman–Crippen LogP) is 4.06. The van der Waals surface area contributed by atoms with Crippen LogP contribution in [0.5, 0.6) is 0 Å². The average Bonchev–Trinajstić information content (AvgIpc) is 2.44. The van der Waals surface area contributed by atoms with Crippen molar-refractivity contribution in [2.45, 2.75) is 6.42 Å². The fourth-order valence-electron chi connectivity index (χ4n) is 1.86. The van der Waals surface area contributed by atoms with Gasteiger partial charge in [-0.15, -0.1) is 0 Å². The lowest BCUT2D eigenvalue weighted by Crippen LogP contribution is -2.40. The third-order valence-corrected chi connectivity index (χ3v) is 4.51. The molecule has 118 valence electrons. The summed E-state index contributed by atoms with van der Waals surface area (Å²) >= 11 is 29.3. The number of hydrazine groups is 1. The van der Waals surface area contributed by atoms with Gasteiger partial charge in [0, 0.05) is 24.0 Å². The van der Waals surface area contributed by atoms with Gasteiger partial charge in [-0.1, -0.05) is 46.4 Å². The Kier molecular flexibility index (Phi) is 6.06. The van der Waals surface area contributed by atoms with Gasteiger partial charge in [0.25, 0.3) is 0 Å². The summed E-state index contributed by atoms with van der Waals surface area (Å²) in [6, 6.07) is 3.39. The summed E-state index contributed by atoms with van der Waals surface area (Å²) in [7, 11) is 0. The molecule has 0 saturated carbocycles. The molecule has 0 atom stereocenters. The third-order valence-electron chi connectivity index (χ3n) is 2.91. The first-order valence-corrected chi connectivity index (χ1v) is 8.09. The highest BCUT2D eigenvalue weighted by Gasteiger charge is 2.15. The van der Waals surface area contributed by atoms with E-state index in [4.69, 9.17) is 64.4 Å². The van der Waals surface area contributed by atoms with Crippen LogP contribution in [-0.4, -0.2) is 21.6 Å². The highest BCUT2D eigenvalue weighted by atomic mass is 35.5. The predicted molar refractivity (Wildman–Crippen MR) is 96.7 cm³/mol. The number of nitrogens with one attached hydrogen (secondary N) is 1. The molecule has 0 aromatic heterocycles. The zero-order valence-electron chi connectivity index (χ0n) is 11.2. The first-order chi connectivity index (χ1) is 10.4. The summed E-state index contributed by atoms with van der Waals surface area (Å²) < 4.78 is 0. The summed E-state index contributed by atoms with van der Waals surface area (Å²) in [5.74, 6) is 0. The molecule has 1 aliphatic heterocycles. The van der Waals surface area contributed by atoms with Crippen molar-refractivity contribution in [3.8, 4) is 0 Å². The maximum Gasteiger partial charge on any atom is 0.183 e. The molecule has 3 N–H and O–H groups in total. The summed E-state index contributed by atoms with van der Waals surface area (Å²) in [5, 5.41) is 3.74. The Morgan fingerprint density at radius 2 is 1.82 bits per heavy atom. The molecule has 0 spiro atoms. The Balaban J connectivity index is 2.03. The molecule has 2 rings (SSSR count). The minimum absolute atomic E-state index is 0.149. The minimum Gasteiger partial charge on any atom is -0.375 e. The second-order valence-corrected chi connectivity index (χ2v) is 6.42. The minimum atomic E-state index is 0.149. The van der Waals surface area contributed by atoms with E-state index in [0.717, 1.165) is 5.56 Å². The van der Waals surface area contributed by atoms with Crippen molar-refractivity contribution in [2.24, 2.45) is 5.73 Å². The van der Waals surface area contributed by atoms with Gasteiger partial charge in [0.15, 0.2) is 5.11 Å². The fourth-order valence-corrected chi connectivity index (χ4v) is 2.95.